The molecule has 0 saturated heterocycles. The van der Waals surface area contributed by atoms with E-state index in [1.54, 1.807) is 0 Å². The topological polar surface area (TPSA) is 12.0 Å². The van der Waals surface area contributed by atoms with Crippen LogP contribution in [0.4, 0.5) is 8.78 Å². The van der Waals surface area contributed by atoms with Gasteiger partial charge in [-0.2, -0.15) is 0 Å². The summed E-state index contributed by atoms with van der Waals surface area (Å²) in [7, 11) is 0. The van der Waals surface area contributed by atoms with E-state index in [9.17, 15) is 8.78 Å². The molecule has 1 aromatic rings. The first kappa shape index (κ1) is 14.4. The molecule has 0 amide bonds. The monoisotopic (exact) mass is 267 g/mol. The van der Waals surface area contributed by atoms with Crippen LogP contribution in [-0.2, 0) is 0 Å². The van der Waals surface area contributed by atoms with Gasteiger partial charge in [0.25, 0.3) is 0 Å². The Kier molecular flexibility index (Phi) is 5.32. The fourth-order valence-corrected chi connectivity index (χ4v) is 3.08. The van der Waals surface area contributed by atoms with E-state index < -0.39 is 11.6 Å². The Hall–Kier alpha value is -0.960. The summed E-state index contributed by atoms with van der Waals surface area (Å²) in [6.45, 7) is 3.00. The molecule has 106 valence electrons. The highest BCUT2D eigenvalue weighted by Crippen LogP contribution is 2.34. The molecular formula is C16H23F2N. The molecule has 3 heteroatoms. The first-order valence-corrected chi connectivity index (χ1v) is 7.40. The summed E-state index contributed by atoms with van der Waals surface area (Å²) < 4.78 is 26.8. The molecule has 0 bridgehead atoms. The molecule has 0 aliphatic heterocycles. The van der Waals surface area contributed by atoms with Crippen molar-refractivity contribution >= 4 is 0 Å². The largest absolute Gasteiger partial charge is 0.310 e. The van der Waals surface area contributed by atoms with Gasteiger partial charge >= 0.3 is 0 Å². The number of nitrogens with one attached hydrogen (secondary N) is 1. The summed E-state index contributed by atoms with van der Waals surface area (Å²) >= 11 is 0. The maximum atomic E-state index is 13.4. The molecule has 0 spiro atoms. The fourth-order valence-electron chi connectivity index (χ4n) is 3.08. The van der Waals surface area contributed by atoms with E-state index >= 15 is 0 Å². The third kappa shape index (κ3) is 4.00. The molecule has 1 unspecified atom stereocenters. The molecule has 1 atom stereocenters. The van der Waals surface area contributed by atoms with Crippen molar-refractivity contribution in [1.82, 2.24) is 5.32 Å². The van der Waals surface area contributed by atoms with Crippen LogP contribution in [-0.4, -0.2) is 6.54 Å². The van der Waals surface area contributed by atoms with Crippen molar-refractivity contribution in [2.75, 3.05) is 6.54 Å². The molecule has 19 heavy (non-hydrogen) atoms. The Labute approximate surface area is 114 Å². The van der Waals surface area contributed by atoms with E-state index in [0.29, 0.717) is 5.92 Å². The number of hydrogen-bond donors (Lipinski definition) is 1. The molecular weight excluding hydrogens is 244 g/mol. The molecule has 2 rings (SSSR count). The maximum absolute atomic E-state index is 13.4. The molecule has 0 heterocycles. The Bertz CT molecular complexity index is 379. The van der Waals surface area contributed by atoms with Gasteiger partial charge in [0, 0.05) is 12.1 Å². The van der Waals surface area contributed by atoms with Crippen LogP contribution in [0.25, 0.3) is 0 Å². The number of benzene rings is 1. The normalized spacial score (nSPS) is 18.5. The Morgan fingerprint density at radius 3 is 2.32 bits per heavy atom. The Morgan fingerprint density at radius 2 is 1.74 bits per heavy atom. The van der Waals surface area contributed by atoms with E-state index in [0.717, 1.165) is 37.4 Å². The lowest BCUT2D eigenvalue weighted by molar-refractivity contribution is 0.271. The van der Waals surface area contributed by atoms with Crippen molar-refractivity contribution < 1.29 is 8.78 Å². The summed E-state index contributed by atoms with van der Waals surface area (Å²) in [6.07, 6.45) is 7.08. The second-order valence-corrected chi connectivity index (χ2v) is 5.53. The summed E-state index contributed by atoms with van der Waals surface area (Å²) in [5, 5.41) is 3.48. The lowest BCUT2D eigenvalue weighted by Gasteiger charge is -2.31. The molecule has 1 aliphatic carbocycles. The van der Waals surface area contributed by atoms with E-state index in [4.69, 9.17) is 0 Å². The minimum atomic E-state index is -0.478. The zero-order valence-electron chi connectivity index (χ0n) is 11.6. The second kappa shape index (κ2) is 6.99. The van der Waals surface area contributed by atoms with E-state index in [-0.39, 0.29) is 6.04 Å². The van der Waals surface area contributed by atoms with Crippen molar-refractivity contribution in [2.45, 2.75) is 51.5 Å². The van der Waals surface area contributed by atoms with Crippen LogP contribution in [0.1, 0.15) is 57.1 Å². The van der Waals surface area contributed by atoms with Crippen molar-refractivity contribution in [3.63, 3.8) is 0 Å². The van der Waals surface area contributed by atoms with Crippen LogP contribution in [0.15, 0.2) is 18.2 Å². The summed E-state index contributed by atoms with van der Waals surface area (Å²) in [5.74, 6) is -0.454. The number of halogens is 2. The minimum Gasteiger partial charge on any atom is -0.310 e. The molecule has 1 saturated carbocycles. The molecule has 1 aromatic carbocycles. The van der Waals surface area contributed by atoms with Gasteiger partial charge < -0.3 is 5.32 Å². The Balaban J connectivity index is 2.19. The molecule has 1 aliphatic rings. The average Bonchev–Trinajstić information content (AvgIpc) is 2.39. The zero-order valence-corrected chi connectivity index (χ0v) is 11.6. The predicted octanol–water partition coefficient (Wildman–Crippen LogP) is 4.59. The van der Waals surface area contributed by atoms with Gasteiger partial charge in [-0.25, -0.2) is 8.78 Å². The highest BCUT2D eigenvalue weighted by Gasteiger charge is 2.25. The predicted molar refractivity (Wildman–Crippen MR) is 74.0 cm³/mol. The summed E-state index contributed by atoms with van der Waals surface area (Å²) in [4.78, 5) is 0. The first-order valence-electron chi connectivity index (χ1n) is 7.40. The van der Waals surface area contributed by atoms with Crippen molar-refractivity contribution in [1.29, 1.82) is 0 Å². The molecule has 1 fully saturated rings. The van der Waals surface area contributed by atoms with Crippen molar-refractivity contribution in [3.8, 4) is 0 Å². The minimum absolute atomic E-state index is 0.0884. The van der Waals surface area contributed by atoms with Crippen LogP contribution in [0.5, 0.6) is 0 Å². The maximum Gasteiger partial charge on any atom is 0.126 e. The van der Waals surface area contributed by atoms with Gasteiger partial charge in [0.2, 0.25) is 0 Å². The smallest absolute Gasteiger partial charge is 0.126 e. The zero-order chi connectivity index (χ0) is 13.7. The SMILES string of the molecule is CCCNC(c1cc(F)cc(F)c1)C1CCCCC1. The van der Waals surface area contributed by atoms with E-state index in [1.165, 1.54) is 31.4 Å². The fraction of sp³-hybridized carbons (Fsp3) is 0.625. The van der Waals surface area contributed by atoms with Crippen LogP contribution >= 0.6 is 0 Å². The lowest BCUT2D eigenvalue weighted by atomic mass is 9.81. The second-order valence-electron chi connectivity index (χ2n) is 5.53. The van der Waals surface area contributed by atoms with E-state index in [1.807, 2.05) is 0 Å². The van der Waals surface area contributed by atoms with Crippen LogP contribution in [0.2, 0.25) is 0 Å². The quantitative estimate of drug-likeness (QED) is 0.823. The van der Waals surface area contributed by atoms with E-state index in [2.05, 4.69) is 12.2 Å². The lowest BCUT2D eigenvalue weighted by Crippen LogP contribution is -2.30. The van der Waals surface area contributed by atoms with Gasteiger partial charge in [0.1, 0.15) is 11.6 Å². The third-order valence-corrected chi connectivity index (χ3v) is 3.98. The summed E-state index contributed by atoms with van der Waals surface area (Å²) in [6, 6.07) is 3.99. The number of rotatable bonds is 5. The highest BCUT2D eigenvalue weighted by atomic mass is 19.1. The number of hydrogen-bond acceptors (Lipinski definition) is 1. The Morgan fingerprint density at radius 1 is 1.11 bits per heavy atom. The van der Waals surface area contributed by atoms with Crippen LogP contribution in [0.3, 0.4) is 0 Å². The van der Waals surface area contributed by atoms with Crippen LogP contribution in [0, 0.1) is 17.6 Å². The van der Waals surface area contributed by atoms with Gasteiger partial charge in [0.15, 0.2) is 0 Å². The third-order valence-electron chi connectivity index (χ3n) is 3.98. The van der Waals surface area contributed by atoms with Gasteiger partial charge in [-0.3, -0.25) is 0 Å². The van der Waals surface area contributed by atoms with Gasteiger partial charge in [0.05, 0.1) is 0 Å². The average molecular weight is 267 g/mol. The molecule has 0 radical (unpaired) electrons. The molecule has 1 N–H and O–H groups in total. The molecule has 1 nitrogen and oxygen atoms in total. The van der Waals surface area contributed by atoms with Gasteiger partial charge in [-0.05, 0) is 49.4 Å². The molecule has 0 aromatic heterocycles. The summed E-state index contributed by atoms with van der Waals surface area (Å²) in [5.41, 5.74) is 0.762. The van der Waals surface area contributed by atoms with Gasteiger partial charge in [-0.1, -0.05) is 26.2 Å². The van der Waals surface area contributed by atoms with Crippen molar-refractivity contribution in [2.24, 2.45) is 5.92 Å². The standard InChI is InChI=1S/C16H23F2N/c1-2-8-19-16(12-6-4-3-5-7-12)13-9-14(17)11-15(18)10-13/h9-12,16,19H,2-8H2,1H3. The van der Waals surface area contributed by atoms with Gasteiger partial charge in [-0.15, -0.1) is 0 Å². The first-order chi connectivity index (χ1) is 9.20. The van der Waals surface area contributed by atoms with Crippen LogP contribution < -0.4 is 5.32 Å². The van der Waals surface area contributed by atoms with Crippen molar-refractivity contribution in [3.05, 3.63) is 35.4 Å². The highest BCUT2D eigenvalue weighted by molar-refractivity contribution is 5.22.